The molecular weight excluding hydrogens is 318 g/mol. The van der Waals surface area contributed by atoms with Gasteiger partial charge in [-0.05, 0) is 24.3 Å². The molecule has 1 aromatic carbocycles. The van der Waals surface area contributed by atoms with Crippen LogP contribution >= 0.6 is 0 Å². The van der Waals surface area contributed by atoms with Gasteiger partial charge >= 0.3 is 6.03 Å². The van der Waals surface area contributed by atoms with Gasteiger partial charge in [-0.15, -0.1) is 0 Å². The van der Waals surface area contributed by atoms with Crippen LogP contribution in [0.2, 0.25) is 0 Å². The lowest BCUT2D eigenvalue weighted by atomic mass is 10.2. The molecule has 1 aliphatic heterocycles. The second-order valence-electron chi connectivity index (χ2n) is 5.40. The van der Waals surface area contributed by atoms with Gasteiger partial charge in [-0.3, -0.25) is 5.32 Å². The average Bonchev–Trinajstić information content (AvgIpc) is 2.59. The number of nitrogens with one attached hydrogen (secondary N) is 1. The van der Waals surface area contributed by atoms with Gasteiger partial charge in [-0.25, -0.2) is 18.6 Å². The number of piperazine rings is 1. The van der Waals surface area contributed by atoms with Crippen LogP contribution in [0.15, 0.2) is 36.5 Å². The van der Waals surface area contributed by atoms with Gasteiger partial charge in [-0.1, -0.05) is 0 Å². The second-order valence-corrected chi connectivity index (χ2v) is 5.40. The summed E-state index contributed by atoms with van der Waals surface area (Å²) in [6.07, 6.45) is 1.25. The van der Waals surface area contributed by atoms with Gasteiger partial charge in [0.05, 0.1) is 6.20 Å². The quantitative estimate of drug-likeness (QED) is 0.885. The molecule has 2 amide bonds. The fourth-order valence-corrected chi connectivity index (χ4v) is 2.50. The molecule has 6 nitrogen and oxygen atoms in total. The van der Waals surface area contributed by atoms with E-state index in [-0.39, 0.29) is 13.2 Å². The maximum Gasteiger partial charge on any atom is 0.323 e. The summed E-state index contributed by atoms with van der Waals surface area (Å²) < 4.78 is 26.3. The number of carbonyl (C=O) groups is 1. The Labute approximate surface area is 138 Å². The molecule has 24 heavy (non-hydrogen) atoms. The van der Waals surface area contributed by atoms with Crippen molar-refractivity contribution in [1.29, 1.82) is 0 Å². The molecule has 1 saturated heterocycles. The standard InChI is InChI=1S/C16H16F2N4O2.H2/c17-13-3-1-11(9-14(13)18)21-5-7-22(8-6-21)16(24)20-15-4-2-12(23)10-19-15;/h1-4,9-10,23H,5-8H2,(H,19,20,24);1H. The summed E-state index contributed by atoms with van der Waals surface area (Å²) in [5.74, 6) is -1.39. The molecule has 2 aromatic rings. The first-order chi connectivity index (χ1) is 11.5. The van der Waals surface area contributed by atoms with Crippen molar-refractivity contribution in [3.63, 3.8) is 0 Å². The van der Waals surface area contributed by atoms with Crippen LogP contribution in [0, 0.1) is 11.6 Å². The molecular formula is C16H18F2N4O2. The molecule has 3 rings (SSSR count). The van der Waals surface area contributed by atoms with Gasteiger partial charge < -0.3 is 14.9 Å². The Balaban J connectivity index is 0.00000225. The van der Waals surface area contributed by atoms with Crippen LogP contribution in [0.4, 0.5) is 25.1 Å². The highest BCUT2D eigenvalue weighted by Crippen LogP contribution is 2.20. The number of pyridine rings is 1. The highest BCUT2D eigenvalue weighted by Gasteiger charge is 2.22. The fraction of sp³-hybridized carbons (Fsp3) is 0.250. The molecule has 0 unspecified atom stereocenters. The Morgan fingerprint density at radius 3 is 2.50 bits per heavy atom. The molecule has 0 atom stereocenters. The largest absolute Gasteiger partial charge is 0.506 e. The van der Waals surface area contributed by atoms with E-state index in [9.17, 15) is 18.7 Å². The van der Waals surface area contributed by atoms with Crippen molar-refractivity contribution < 1.29 is 20.1 Å². The molecule has 2 N–H and O–H groups in total. The van der Waals surface area contributed by atoms with Crippen LogP contribution in [0.5, 0.6) is 5.75 Å². The van der Waals surface area contributed by atoms with Crippen molar-refractivity contribution in [1.82, 2.24) is 9.88 Å². The van der Waals surface area contributed by atoms with Gasteiger partial charge in [0.15, 0.2) is 11.6 Å². The number of anilines is 2. The van der Waals surface area contributed by atoms with Crippen LogP contribution in [0.1, 0.15) is 1.43 Å². The summed E-state index contributed by atoms with van der Waals surface area (Å²) in [4.78, 5) is 19.6. The predicted octanol–water partition coefficient (Wildman–Crippen LogP) is 2.67. The Kier molecular flexibility index (Phi) is 4.45. The molecule has 0 aliphatic carbocycles. The first-order valence-corrected chi connectivity index (χ1v) is 7.44. The van der Waals surface area contributed by atoms with E-state index in [2.05, 4.69) is 10.3 Å². The Morgan fingerprint density at radius 1 is 1.12 bits per heavy atom. The van der Waals surface area contributed by atoms with Gasteiger partial charge in [-0.2, -0.15) is 0 Å². The van der Waals surface area contributed by atoms with Crippen molar-refractivity contribution >= 4 is 17.5 Å². The molecule has 0 radical (unpaired) electrons. The number of urea groups is 1. The van der Waals surface area contributed by atoms with E-state index in [4.69, 9.17) is 0 Å². The summed E-state index contributed by atoms with van der Waals surface area (Å²) in [6.45, 7) is 1.93. The Bertz CT molecular complexity index is 737. The summed E-state index contributed by atoms with van der Waals surface area (Å²) in [5.41, 5.74) is 0.592. The van der Waals surface area contributed by atoms with Crippen molar-refractivity contribution in [2.45, 2.75) is 0 Å². The number of amides is 2. The summed E-state index contributed by atoms with van der Waals surface area (Å²) >= 11 is 0. The van der Waals surface area contributed by atoms with E-state index < -0.39 is 11.6 Å². The fourth-order valence-electron chi connectivity index (χ4n) is 2.50. The average molecular weight is 336 g/mol. The van der Waals surface area contributed by atoms with Crippen LogP contribution in [0.3, 0.4) is 0 Å². The highest BCUT2D eigenvalue weighted by atomic mass is 19.2. The Morgan fingerprint density at radius 2 is 1.88 bits per heavy atom. The van der Waals surface area contributed by atoms with Crippen LogP contribution in [-0.2, 0) is 0 Å². The number of halogens is 2. The number of hydrogen-bond acceptors (Lipinski definition) is 4. The van der Waals surface area contributed by atoms with Crippen molar-refractivity contribution in [3.8, 4) is 5.75 Å². The second kappa shape index (κ2) is 6.69. The normalized spacial score (nSPS) is 14.6. The van der Waals surface area contributed by atoms with E-state index >= 15 is 0 Å². The molecule has 8 heteroatoms. The first kappa shape index (κ1) is 16.0. The number of rotatable bonds is 2. The van der Waals surface area contributed by atoms with Crippen molar-refractivity contribution in [2.24, 2.45) is 0 Å². The highest BCUT2D eigenvalue weighted by molar-refractivity contribution is 5.88. The molecule has 1 fully saturated rings. The monoisotopic (exact) mass is 336 g/mol. The number of aromatic nitrogens is 1. The number of carbonyl (C=O) groups excluding carboxylic acids is 1. The topological polar surface area (TPSA) is 68.7 Å². The van der Waals surface area contributed by atoms with Crippen LogP contribution in [-0.4, -0.2) is 47.2 Å². The van der Waals surface area contributed by atoms with E-state index in [1.165, 1.54) is 24.4 Å². The van der Waals surface area contributed by atoms with Gasteiger partial charge in [0.2, 0.25) is 0 Å². The van der Waals surface area contributed by atoms with Crippen molar-refractivity contribution in [2.75, 3.05) is 36.4 Å². The smallest absolute Gasteiger partial charge is 0.323 e. The van der Waals surface area contributed by atoms with Gasteiger partial charge in [0.25, 0.3) is 0 Å². The minimum Gasteiger partial charge on any atom is -0.506 e. The van der Waals surface area contributed by atoms with E-state index in [1.807, 2.05) is 4.90 Å². The third-order valence-electron chi connectivity index (χ3n) is 3.82. The number of benzene rings is 1. The number of hydrogen-bond donors (Lipinski definition) is 2. The predicted molar refractivity (Wildman–Crippen MR) is 87.2 cm³/mol. The molecule has 0 bridgehead atoms. The molecule has 0 spiro atoms. The molecule has 2 heterocycles. The Hall–Kier alpha value is -2.90. The lowest BCUT2D eigenvalue weighted by Gasteiger charge is -2.36. The summed E-state index contributed by atoms with van der Waals surface area (Å²) in [6, 6.07) is 6.42. The summed E-state index contributed by atoms with van der Waals surface area (Å²) in [5, 5.41) is 11.8. The van der Waals surface area contributed by atoms with Crippen molar-refractivity contribution in [3.05, 3.63) is 48.2 Å². The minimum atomic E-state index is -0.883. The molecule has 128 valence electrons. The first-order valence-electron chi connectivity index (χ1n) is 7.44. The van der Waals surface area contributed by atoms with E-state index in [1.54, 1.807) is 4.90 Å². The SMILES string of the molecule is O=C(Nc1ccc(O)cn1)N1CCN(c2ccc(F)c(F)c2)CC1.[HH]. The zero-order valence-corrected chi connectivity index (χ0v) is 12.7. The lowest BCUT2D eigenvalue weighted by molar-refractivity contribution is 0.208. The van der Waals surface area contributed by atoms with Gasteiger partial charge in [0.1, 0.15) is 11.6 Å². The van der Waals surface area contributed by atoms with Crippen LogP contribution < -0.4 is 10.2 Å². The maximum atomic E-state index is 13.3. The van der Waals surface area contributed by atoms with Crippen LogP contribution in [0.25, 0.3) is 0 Å². The van der Waals surface area contributed by atoms with E-state index in [0.717, 1.165) is 12.1 Å². The lowest BCUT2D eigenvalue weighted by Crippen LogP contribution is -2.50. The third-order valence-corrected chi connectivity index (χ3v) is 3.82. The van der Waals surface area contributed by atoms with E-state index in [0.29, 0.717) is 37.7 Å². The number of nitrogens with zero attached hydrogens (tertiary/aromatic N) is 3. The summed E-state index contributed by atoms with van der Waals surface area (Å²) in [7, 11) is 0. The number of aromatic hydroxyl groups is 1. The zero-order valence-electron chi connectivity index (χ0n) is 12.7. The minimum absolute atomic E-state index is 0. The maximum absolute atomic E-state index is 13.3. The zero-order chi connectivity index (χ0) is 17.1. The van der Waals surface area contributed by atoms with Gasteiger partial charge in [0, 0.05) is 39.4 Å². The third kappa shape index (κ3) is 3.53. The molecule has 0 saturated carbocycles. The molecule has 1 aromatic heterocycles. The molecule has 1 aliphatic rings.